The average molecular weight is 504 g/mol. The van der Waals surface area contributed by atoms with Crippen LogP contribution in [0.2, 0.25) is 0 Å². The number of halogens is 1. The van der Waals surface area contributed by atoms with Gasteiger partial charge in [-0.1, -0.05) is 44.2 Å². The van der Waals surface area contributed by atoms with Crippen molar-refractivity contribution in [3.63, 3.8) is 0 Å². The van der Waals surface area contributed by atoms with Crippen molar-refractivity contribution in [2.24, 2.45) is 5.41 Å². The summed E-state index contributed by atoms with van der Waals surface area (Å²) in [6.45, 7) is 4.81. The number of hydrogen-bond acceptors (Lipinski definition) is 5. The predicted octanol–water partition coefficient (Wildman–Crippen LogP) is 5.86. The normalized spacial score (nSPS) is 18.7. The van der Waals surface area contributed by atoms with Gasteiger partial charge < -0.3 is 15.5 Å². The largest absolute Gasteiger partial charge is 0.357 e. The van der Waals surface area contributed by atoms with Gasteiger partial charge >= 0.3 is 0 Å². The standard InChI is InChI=1S/C29H30FN3O2S/c1-29(2)16-22-27(24(34)17-29)28(25-8-5-15-36-25)33(23-7-4-3-6-21(23)32-22)18-26(35)31-14-13-19-9-11-20(30)12-10-19/h3-12,15,28,32H,13-14,16-18H2,1-2H3,(H,31,35). The minimum atomic E-state index is -0.345. The summed E-state index contributed by atoms with van der Waals surface area (Å²) in [7, 11) is 0. The molecule has 2 aromatic carbocycles. The lowest BCUT2D eigenvalue weighted by Gasteiger charge is -2.37. The lowest BCUT2D eigenvalue weighted by Crippen LogP contribution is -2.42. The number of nitrogens with zero attached hydrogens (tertiary/aromatic N) is 1. The Hall–Kier alpha value is -3.45. The average Bonchev–Trinajstić information content (AvgIpc) is 3.32. The first-order chi connectivity index (χ1) is 17.3. The van der Waals surface area contributed by atoms with Crippen LogP contribution in [0.1, 0.15) is 43.2 Å². The lowest BCUT2D eigenvalue weighted by molar-refractivity contribution is -0.120. The summed E-state index contributed by atoms with van der Waals surface area (Å²) in [4.78, 5) is 29.9. The first-order valence-electron chi connectivity index (χ1n) is 12.2. The zero-order chi connectivity index (χ0) is 25.3. The fourth-order valence-corrected chi connectivity index (χ4v) is 6.02. The third-order valence-electron chi connectivity index (χ3n) is 6.78. The maximum absolute atomic E-state index is 13.6. The van der Waals surface area contributed by atoms with Crippen LogP contribution in [0, 0.1) is 11.2 Å². The molecule has 5 nitrogen and oxygen atoms in total. The number of para-hydroxylation sites is 2. The molecule has 0 bridgehead atoms. The summed E-state index contributed by atoms with van der Waals surface area (Å²) in [5.74, 6) is -0.270. The number of benzene rings is 2. The van der Waals surface area contributed by atoms with Gasteiger partial charge in [0.1, 0.15) is 5.82 Å². The van der Waals surface area contributed by atoms with Crippen molar-refractivity contribution in [2.45, 2.75) is 39.2 Å². The first-order valence-corrected chi connectivity index (χ1v) is 13.1. The Morgan fingerprint density at radius 1 is 1.11 bits per heavy atom. The number of carbonyl (C=O) groups excluding carboxylic acids is 2. The number of allylic oxidation sites excluding steroid dienone is 1. The molecule has 1 aromatic heterocycles. The van der Waals surface area contributed by atoms with Crippen molar-refractivity contribution in [1.82, 2.24) is 5.32 Å². The number of thiophene rings is 1. The van der Waals surface area contributed by atoms with Gasteiger partial charge in [0, 0.05) is 29.1 Å². The minimum absolute atomic E-state index is 0.109. The van der Waals surface area contributed by atoms with E-state index in [1.54, 1.807) is 23.5 Å². The lowest BCUT2D eigenvalue weighted by atomic mass is 9.74. The van der Waals surface area contributed by atoms with Crippen LogP contribution in [0.4, 0.5) is 15.8 Å². The maximum atomic E-state index is 13.6. The monoisotopic (exact) mass is 503 g/mol. The topological polar surface area (TPSA) is 61.4 Å². The van der Waals surface area contributed by atoms with Crippen molar-refractivity contribution >= 4 is 34.4 Å². The molecule has 0 saturated heterocycles. The Morgan fingerprint density at radius 3 is 2.64 bits per heavy atom. The fraction of sp³-hybridized carbons (Fsp3) is 0.310. The highest BCUT2D eigenvalue weighted by molar-refractivity contribution is 7.10. The first kappa shape index (κ1) is 24.3. The molecule has 5 rings (SSSR count). The van der Waals surface area contributed by atoms with Crippen molar-refractivity contribution in [2.75, 3.05) is 23.3 Å². The van der Waals surface area contributed by atoms with Crippen molar-refractivity contribution < 1.29 is 14.0 Å². The molecule has 186 valence electrons. The van der Waals surface area contributed by atoms with Gasteiger partial charge in [0.05, 0.1) is 24.0 Å². The molecule has 1 aliphatic carbocycles. The van der Waals surface area contributed by atoms with Crippen LogP contribution < -0.4 is 15.5 Å². The second-order valence-corrected chi connectivity index (χ2v) is 11.2. The van der Waals surface area contributed by atoms with E-state index in [1.807, 2.05) is 41.8 Å². The molecule has 2 aliphatic rings. The van der Waals surface area contributed by atoms with E-state index in [-0.39, 0.29) is 35.5 Å². The van der Waals surface area contributed by atoms with Gasteiger partial charge in [0.15, 0.2) is 5.78 Å². The van der Waals surface area contributed by atoms with E-state index in [0.717, 1.165) is 39.5 Å². The number of anilines is 2. The van der Waals surface area contributed by atoms with E-state index >= 15 is 0 Å². The number of rotatable bonds is 6. The number of hydrogen-bond donors (Lipinski definition) is 2. The van der Waals surface area contributed by atoms with Gasteiger partial charge in [0.2, 0.25) is 5.91 Å². The van der Waals surface area contributed by atoms with Crippen molar-refractivity contribution in [1.29, 1.82) is 0 Å². The molecule has 1 amide bonds. The maximum Gasteiger partial charge on any atom is 0.239 e. The fourth-order valence-electron chi connectivity index (χ4n) is 5.18. The SMILES string of the molecule is CC1(C)CC(=O)C2=C(C1)Nc1ccccc1N(CC(=O)NCCc1ccc(F)cc1)C2c1cccs1. The molecular formula is C29H30FN3O2S. The number of Topliss-reactive ketones (excluding diaryl/α,β-unsaturated/α-hetero) is 1. The molecule has 0 fully saturated rings. The molecule has 0 saturated carbocycles. The molecule has 36 heavy (non-hydrogen) atoms. The van der Waals surface area contributed by atoms with Gasteiger partial charge in [-0.05, 0) is 59.5 Å². The number of amides is 1. The summed E-state index contributed by atoms with van der Waals surface area (Å²) in [6.07, 6.45) is 1.85. The second-order valence-electron chi connectivity index (χ2n) is 10.2. The van der Waals surface area contributed by atoms with E-state index in [1.165, 1.54) is 12.1 Å². The molecular weight excluding hydrogens is 473 g/mol. The molecule has 7 heteroatoms. The zero-order valence-electron chi connectivity index (χ0n) is 20.5. The van der Waals surface area contributed by atoms with E-state index in [2.05, 4.69) is 29.4 Å². The van der Waals surface area contributed by atoms with E-state index in [0.29, 0.717) is 19.4 Å². The van der Waals surface area contributed by atoms with Gasteiger partial charge in [-0.15, -0.1) is 11.3 Å². The Bertz CT molecular complexity index is 1300. The Balaban J connectivity index is 1.46. The highest BCUT2D eigenvalue weighted by atomic mass is 32.1. The molecule has 2 N–H and O–H groups in total. The van der Waals surface area contributed by atoms with Crippen LogP contribution in [0.5, 0.6) is 0 Å². The van der Waals surface area contributed by atoms with Gasteiger partial charge in [0.25, 0.3) is 0 Å². The number of fused-ring (bicyclic) bond motifs is 1. The Kier molecular flexibility index (Phi) is 6.67. The van der Waals surface area contributed by atoms with Crippen molar-refractivity contribution in [3.8, 4) is 0 Å². The van der Waals surface area contributed by atoms with Crippen LogP contribution in [0.15, 0.2) is 77.3 Å². The van der Waals surface area contributed by atoms with Crippen LogP contribution in [-0.4, -0.2) is 24.8 Å². The van der Waals surface area contributed by atoms with E-state index < -0.39 is 0 Å². The molecule has 0 spiro atoms. The summed E-state index contributed by atoms with van der Waals surface area (Å²) >= 11 is 1.60. The van der Waals surface area contributed by atoms with Crippen LogP contribution >= 0.6 is 11.3 Å². The Labute approximate surface area is 215 Å². The van der Waals surface area contributed by atoms with Gasteiger partial charge in [-0.2, -0.15) is 0 Å². The van der Waals surface area contributed by atoms with Gasteiger partial charge in [-0.3, -0.25) is 9.59 Å². The highest BCUT2D eigenvalue weighted by Gasteiger charge is 2.42. The second kappa shape index (κ2) is 9.90. The van der Waals surface area contributed by atoms with Gasteiger partial charge in [-0.25, -0.2) is 4.39 Å². The molecule has 1 aliphatic heterocycles. The molecule has 1 unspecified atom stereocenters. The third kappa shape index (κ3) is 5.07. The molecule has 2 heterocycles. The smallest absolute Gasteiger partial charge is 0.239 e. The summed E-state index contributed by atoms with van der Waals surface area (Å²) in [5.41, 5.74) is 4.32. The zero-order valence-corrected chi connectivity index (χ0v) is 21.3. The highest BCUT2D eigenvalue weighted by Crippen LogP contribution is 2.48. The summed E-state index contributed by atoms with van der Waals surface area (Å²) < 4.78 is 13.2. The number of ketones is 1. The molecule has 3 aromatic rings. The predicted molar refractivity (Wildman–Crippen MR) is 143 cm³/mol. The molecule has 1 atom stereocenters. The summed E-state index contributed by atoms with van der Waals surface area (Å²) in [6, 6.07) is 17.9. The van der Waals surface area contributed by atoms with Crippen molar-refractivity contribution in [3.05, 3.63) is 93.6 Å². The van der Waals surface area contributed by atoms with Crippen LogP contribution in [0.25, 0.3) is 0 Å². The summed E-state index contributed by atoms with van der Waals surface area (Å²) in [5, 5.41) is 8.60. The minimum Gasteiger partial charge on any atom is -0.357 e. The van der Waals surface area contributed by atoms with E-state index in [9.17, 15) is 14.0 Å². The van der Waals surface area contributed by atoms with Crippen LogP contribution in [0.3, 0.4) is 0 Å². The van der Waals surface area contributed by atoms with E-state index in [4.69, 9.17) is 0 Å². The number of nitrogens with one attached hydrogen (secondary N) is 2. The van der Waals surface area contributed by atoms with Crippen LogP contribution in [-0.2, 0) is 16.0 Å². The molecule has 0 radical (unpaired) electrons. The quantitative estimate of drug-likeness (QED) is 0.442. The third-order valence-corrected chi connectivity index (χ3v) is 7.70. The number of carbonyl (C=O) groups is 2. The Morgan fingerprint density at radius 2 is 1.89 bits per heavy atom.